The lowest BCUT2D eigenvalue weighted by Gasteiger charge is -2.12. The monoisotopic (exact) mass is 489 g/mol. The number of nitrogens with zero attached hydrogens (tertiary/aromatic N) is 4. The number of hydrogen-bond acceptors (Lipinski definition) is 5. The Balaban J connectivity index is 1.56. The Hall–Kier alpha value is -3.75. The standard InChI is InChI=1S/C25H20ClN5O2S/c1-2-31-16-19(15-29-31)21-10-11-27-23-9-8-17(12-22(21)23)18-13-24(25(26)28-14-18)30-34(32,33)20-6-4-3-5-7-20/h3-16,30H,2H2,1H3. The summed E-state index contributed by atoms with van der Waals surface area (Å²) >= 11 is 6.24. The van der Waals surface area contributed by atoms with Crippen LogP contribution in [0.25, 0.3) is 33.2 Å². The largest absolute Gasteiger partial charge is 0.276 e. The van der Waals surface area contributed by atoms with Crippen molar-refractivity contribution in [3.05, 3.63) is 90.6 Å². The van der Waals surface area contributed by atoms with Gasteiger partial charge in [0, 0.05) is 41.6 Å². The molecular formula is C25H20ClN5O2S. The van der Waals surface area contributed by atoms with Gasteiger partial charge in [-0.2, -0.15) is 5.10 Å². The summed E-state index contributed by atoms with van der Waals surface area (Å²) in [6.07, 6.45) is 7.24. The van der Waals surface area contributed by atoms with E-state index in [2.05, 4.69) is 19.8 Å². The van der Waals surface area contributed by atoms with E-state index >= 15 is 0 Å². The maximum absolute atomic E-state index is 12.8. The van der Waals surface area contributed by atoms with Crippen LogP contribution in [0.3, 0.4) is 0 Å². The molecule has 0 aliphatic carbocycles. The Bertz CT molecular complexity index is 1600. The molecule has 0 atom stereocenters. The molecule has 0 unspecified atom stereocenters. The van der Waals surface area contributed by atoms with Crippen molar-refractivity contribution in [2.75, 3.05) is 4.72 Å². The minimum Gasteiger partial charge on any atom is -0.276 e. The van der Waals surface area contributed by atoms with Crippen LogP contribution in [0.15, 0.2) is 90.3 Å². The van der Waals surface area contributed by atoms with Crippen molar-refractivity contribution in [1.82, 2.24) is 19.7 Å². The normalized spacial score (nSPS) is 11.6. The van der Waals surface area contributed by atoms with Gasteiger partial charge in [0.05, 0.1) is 22.3 Å². The van der Waals surface area contributed by atoms with E-state index in [4.69, 9.17) is 11.6 Å². The summed E-state index contributed by atoms with van der Waals surface area (Å²) < 4.78 is 30.0. The number of nitrogens with one attached hydrogen (secondary N) is 1. The average molecular weight is 490 g/mol. The predicted molar refractivity (Wildman–Crippen MR) is 134 cm³/mol. The minimum absolute atomic E-state index is 0.0679. The number of hydrogen-bond donors (Lipinski definition) is 1. The number of anilines is 1. The summed E-state index contributed by atoms with van der Waals surface area (Å²) in [4.78, 5) is 8.85. The lowest BCUT2D eigenvalue weighted by atomic mass is 9.99. The van der Waals surface area contributed by atoms with E-state index in [0.717, 1.165) is 39.7 Å². The molecule has 7 nitrogen and oxygen atoms in total. The summed E-state index contributed by atoms with van der Waals surface area (Å²) in [5.41, 5.74) is 4.64. The maximum Gasteiger partial charge on any atom is 0.261 e. The first-order valence-electron chi connectivity index (χ1n) is 10.6. The van der Waals surface area contributed by atoms with Crippen LogP contribution < -0.4 is 4.72 Å². The number of halogens is 1. The fourth-order valence-electron chi connectivity index (χ4n) is 3.73. The fourth-order valence-corrected chi connectivity index (χ4v) is 5.02. The Morgan fingerprint density at radius 1 is 0.941 bits per heavy atom. The van der Waals surface area contributed by atoms with Crippen LogP contribution in [0, 0.1) is 0 Å². The molecule has 0 saturated carbocycles. The van der Waals surface area contributed by atoms with E-state index in [9.17, 15) is 8.42 Å². The molecule has 0 spiro atoms. The molecule has 9 heteroatoms. The van der Waals surface area contributed by atoms with Gasteiger partial charge in [-0.15, -0.1) is 0 Å². The Morgan fingerprint density at radius 3 is 2.53 bits per heavy atom. The van der Waals surface area contributed by atoms with E-state index in [1.54, 1.807) is 36.7 Å². The van der Waals surface area contributed by atoms with E-state index in [0.29, 0.717) is 0 Å². The zero-order valence-corrected chi connectivity index (χ0v) is 19.8. The topological polar surface area (TPSA) is 89.8 Å². The molecule has 34 heavy (non-hydrogen) atoms. The van der Waals surface area contributed by atoms with Gasteiger partial charge in [-0.05, 0) is 54.4 Å². The quantitative estimate of drug-likeness (QED) is 0.312. The average Bonchev–Trinajstić information content (AvgIpc) is 3.34. The van der Waals surface area contributed by atoms with E-state index in [1.165, 1.54) is 12.1 Å². The van der Waals surface area contributed by atoms with Gasteiger partial charge in [0.1, 0.15) is 0 Å². The number of rotatable bonds is 6. The molecular weight excluding hydrogens is 470 g/mol. The predicted octanol–water partition coefficient (Wildman–Crippen LogP) is 5.63. The first-order chi connectivity index (χ1) is 16.4. The Labute approximate surface area is 202 Å². The molecule has 0 saturated heterocycles. The Kier molecular flexibility index (Phi) is 5.77. The number of aromatic nitrogens is 4. The van der Waals surface area contributed by atoms with Crippen molar-refractivity contribution in [1.29, 1.82) is 0 Å². The molecule has 0 radical (unpaired) electrons. The van der Waals surface area contributed by atoms with Crippen molar-refractivity contribution in [3.8, 4) is 22.3 Å². The van der Waals surface area contributed by atoms with Crippen molar-refractivity contribution < 1.29 is 8.42 Å². The molecule has 5 aromatic rings. The van der Waals surface area contributed by atoms with Crippen LogP contribution in [0.1, 0.15) is 6.92 Å². The molecule has 3 aromatic heterocycles. The lowest BCUT2D eigenvalue weighted by Crippen LogP contribution is -2.13. The minimum atomic E-state index is -3.81. The van der Waals surface area contributed by atoms with Crippen LogP contribution in [0.4, 0.5) is 5.69 Å². The summed E-state index contributed by atoms with van der Waals surface area (Å²) in [7, 11) is -3.81. The van der Waals surface area contributed by atoms with E-state index in [-0.39, 0.29) is 15.7 Å². The molecule has 0 aliphatic heterocycles. The van der Waals surface area contributed by atoms with Crippen LogP contribution in [0.5, 0.6) is 0 Å². The second kappa shape index (κ2) is 8.89. The lowest BCUT2D eigenvalue weighted by molar-refractivity contribution is 0.601. The number of aryl methyl sites for hydroxylation is 1. The zero-order valence-electron chi connectivity index (χ0n) is 18.2. The fraction of sp³-hybridized carbons (Fsp3) is 0.0800. The number of benzene rings is 2. The second-order valence-electron chi connectivity index (χ2n) is 7.66. The van der Waals surface area contributed by atoms with Crippen LogP contribution in [0.2, 0.25) is 5.15 Å². The Morgan fingerprint density at radius 2 is 1.76 bits per heavy atom. The summed E-state index contributed by atoms with van der Waals surface area (Å²) in [6, 6.07) is 17.6. The first-order valence-corrected chi connectivity index (χ1v) is 12.5. The molecule has 170 valence electrons. The molecule has 3 heterocycles. The van der Waals surface area contributed by atoms with Crippen molar-refractivity contribution in [3.63, 3.8) is 0 Å². The molecule has 1 N–H and O–H groups in total. The van der Waals surface area contributed by atoms with E-state index in [1.807, 2.05) is 48.3 Å². The third-order valence-corrected chi connectivity index (χ3v) is 7.16. The van der Waals surface area contributed by atoms with Gasteiger partial charge in [0.15, 0.2) is 5.15 Å². The van der Waals surface area contributed by atoms with Crippen LogP contribution in [-0.2, 0) is 16.6 Å². The van der Waals surface area contributed by atoms with E-state index < -0.39 is 10.0 Å². The molecule has 0 amide bonds. The number of pyridine rings is 2. The third kappa shape index (κ3) is 4.25. The number of sulfonamides is 1. The van der Waals surface area contributed by atoms with Gasteiger partial charge >= 0.3 is 0 Å². The van der Waals surface area contributed by atoms with Gasteiger partial charge in [-0.3, -0.25) is 14.4 Å². The van der Waals surface area contributed by atoms with Crippen molar-refractivity contribution in [2.45, 2.75) is 18.4 Å². The number of fused-ring (bicyclic) bond motifs is 1. The highest BCUT2D eigenvalue weighted by molar-refractivity contribution is 7.92. The smallest absolute Gasteiger partial charge is 0.261 e. The van der Waals surface area contributed by atoms with Gasteiger partial charge in [-0.25, -0.2) is 13.4 Å². The van der Waals surface area contributed by atoms with Gasteiger partial charge < -0.3 is 0 Å². The summed E-state index contributed by atoms with van der Waals surface area (Å²) in [5, 5.41) is 5.41. The zero-order chi connectivity index (χ0) is 23.7. The molecule has 2 aromatic carbocycles. The highest BCUT2D eigenvalue weighted by Crippen LogP contribution is 2.33. The molecule has 0 fully saturated rings. The van der Waals surface area contributed by atoms with Crippen molar-refractivity contribution in [2.24, 2.45) is 0 Å². The third-order valence-electron chi connectivity index (χ3n) is 5.48. The molecule has 0 aliphatic rings. The first kappa shape index (κ1) is 22.1. The van der Waals surface area contributed by atoms with Crippen LogP contribution in [-0.4, -0.2) is 28.2 Å². The SMILES string of the molecule is CCn1cc(-c2ccnc3ccc(-c4cnc(Cl)c(NS(=O)(=O)c5ccccc5)c4)cc23)cn1. The van der Waals surface area contributed by atoms with Gasteiger partial charge in [0.25, 0.3) is 10.0 Å². The second-order valence-corrected chi connectivity index (χ2v) is 9.70. The van der Waals surface area contributed by atoms with Crippen molar-refractivity contribution >= 4 is 38.2 Å². The molecule has 5 rings (SSSR count). The molecule has 0 bridgehead atoms. The highest BCUT2D eigenvalue weighted by atomic mass is 35.5. The maximum atomic E-state index is 12.8. The summed E-state index contributed by atoms with van der Waals surface area (Å²) in [6.45, 7) is 2.82. The van der Waals surface area contributed by atoms with Gasteiger partial charge in [0.2, 0.25) is 0 Å². The van der Waals surface area contributed by atoms with Crippen LogP contribution >= 0.6 is 11.6 Å². The summed E-state index contributed by atoms with van der Waals surface area (Å²) in [5.74, 6) is 0. The highest BCUT2D eigenvalue weighted by Gasteiger charge is 2.17. The van der Waals surface area contributed by atoms with Gasteiger partial charge in [-0.1, -0.05) is 35.9 Å².